The Bertz CT molecular complexity index is 1070. The van der Waals surface area contributed by atoms with Crippen molar-refractivity contribution in [3.05, 3.63) is 86.8 Å². The van der Waals surface area contributed by atoms with Crippen molar-refractivity contribution in [2.75, 3.05) is 11.6 Å². The van der Waals surface area contributed by atoms with Crippen molar-refractivity contribution in [2.24, 2.45) is 0 Å². The smallest absolute Gasteiger partial charge is 0.259 e. The molecule has 0 fully saturated rings. The summed E-state index contributed by atoms with van der Waals surface area (Å²) in [5.74, 6) is 0.728. The third-order valence-electron chi connectivity index (χ3n) is 5.66. The topological polar surface area (TPSA) is 41.4 Å². The van der Waals surface area contributed by atoms with Crippen molar-refractivity contribution in [3.8, 4) is 0 Å². The molecule has 0 radical (unpaired) electrons. The second kappa shape index (κ2) is 7.24. The molecule has 0 amide bonds. The van der Waals surface area contributed by atoms with Crippen LogP contribution in [0, 0.1) is 27.7 Å². The molecular formula is C23H26N4O. The maximum Gasteiger partial charge on any atom is 0.259 e. The summed E-state index contributed by atoms with van der Waals surface area (Å²) in [6.45, 7) is 10.0. The minimum Gasteiger partial charge on any atom is -0.298 e. The van der Waals surface area contributed by atoms with E-state index >= 15 is 0 Å². The van der Waals surface area contributed by atoms with E-state index in [1.165, 1.54) is 16.7 Å². The molecule has 0 atom stereocenters. The van der Waals surface area contributed by atoms with Gasteiger partial charge in [-0.3, -0.25) is 19.2 Å². The summed E-state index contributed by atoms with van der Waals surface area (Å²) in [5, 5.41) is 0. The SMILES string of the molecule is Cc1cccc(N2CN(Cc3ccccc3)Cn3c2nc(C)c(C)c3=O)c1C. The third kappa shape index (κ3) is 3.22. The van der Waals surface area contributed by atoms with Crippen LogP contribution >= 0.6 is 0 Å². The van der Waals surface area contributed by atoms with E-state index in [0.717, 1.165) is 23.9 Å². The van der Waals surface area contributed by atoms with Gasteiger partial charge in [0.2, 0.25) is 5.95 Å². The van der Waals surface area contributed by atoms with Gasteiger partial charge in [0.1, 0.15) is 0 Å². The number of benzene rings is 2. The van der Waals surface area contributed by atoms with Crippen molar-refractivity contribution in [3.63, 3.8) is 0 Å². The molecule has 0 saturated heterocycles. The molecule has 0 N–H and O–H groups in total. The van der Waals surface area contributed by atoms with Gasteiger partial charge in [-0.25, -0.2) is 4.98 Å². The summed E-state index contributed by atoms with van der Waals surface area (Å²) in [6.07, 6.45) is 0. The van der Waals surface area contributed by atoms with Gasteiger partial charge in [0.15, 0.2) is 0 Å². The highest BCUT2D eigenvalue weighted by atomic mass is 16.1. The first-order chi connectivity index (χ1) is 13.5. The zero-order chi connectivity index (χ0) is 19.8. The molecule has 0 unspecified atom stereocenters. The van der Waals surface area contributed by atoms with Crippen LogP contribution in [0.5, 0.6) is 0 Å². The van der Waals surface area contributed by atoms with Gasteiger partial charge in [0.25, 0.3) is 5.56 Å². The molecule has 1 aliphatic rings. The number of rotatable bonds is 3. The summed E-state index contributed by atoms with van der Waals surface area (Å²) >= 11 is 0. The molecular weight excluding hydrogens is 348 g/mol. The van der Waals surface area contributed by atoms with Gasteiger partial charge in [-0.15, -0.1) is 0 Å². The predicted molar refractivity (Wildman–Crippen MR) is 113 cm³/mol. The molecule has 0 spiro atoms. The third-order valence-corrected chi connectivity index (χ3v) is 5.66. The summed E-state index contributed by atoms with van der Waals surface area (Å²) in [6, 6.07) is 16.7. The molecule has 1 aromatic heterocycles. The summed E-state index contributed by atoms with van der Waals surface area (Å²) in [4.78, 5) is 22.3. The number of anilines is 2. The van der Waals surface area contributed by atoms with Gasteiger partial charge in [0.05, 0.1) is 13.3 Å². The van der Waals surface area contributed by atoms with E-state index in [2.05, 4.69) is 66.1 Å². The zero-order valence-electron chi connectivity index (χ0n) is 16.9. The van der Waals surface area contributed by atoms with Gasteiger partial charge in [-0.2, -0.15) is 0 Å². The van der Waals surface area contributed by atoms with Crippen LogP contribution in [-0.2, 0) is 13.2 Å². The lowest BCUT2D eigenvalue weighted by atomic mass is 10.1. The van der Waals surface area contributed by atoms with Crippen molar-refractivity contribution < 1.29 is 0 Å². The molecule has 5 nitrogen and oxygen atoms in total. The number of hydrogen-bond donors (Lipinski definition) is 0. The molecule has 4 rings (SSSR count). The van der Waals surface area contributed by atoms with Crippen LogP contribution in [0.25, 0.3) is 0 Å². The van der Waals surface area contributed by atoms with E-state index in [1.54, 1.807) is 4.57 Å². The summed E-state index contributed by atoms with van der Waals surface area (Å²) < 4.78 is 1.80. The second-order valence-electron chi connectivity index (χ2n) is 7.60. The molecule has 2 aromatic carbocycles. The van der Waals surface area contributed by atoms with Crippen LogP contribution < -0.4 is 10.5 Å². The van der Waals surface area contributed by atoms with Gasteiger partial charge in [0, 0.05) is 23.5 Å². The highest BCUT2D eigenvalue weighted by molar-refractivity contribution is 5.64. The van der Waals surface area contributed by atoms with Crippen LogP contribution in [0.3, 0.4) is 0 Å². The number of nitrogens with zero attached hydrogens (tertiary/aromatic N) is 4. The van der Waals surface area contributed by atoms with Crippen LogP contribution in [-0.4, -0.2) is 21.1 Å². The van der Waals surface area contributed by atoms with Crippen LogP contribution in [0.1, 0.15) is 27.9 Å². The quantitative estimate of drug-likeness (QED) is 0.694. The molecule has 0 saturated carbocycles. The molecule has 2 heterocycles. The fourth-order valence-corrected chi connectivity index (χ4v) is 3.74. The second-order valence-corrected chi connectivity index (χ2v) is 7.60. The Morgan fingerprint density at radius 1 is 0.893 bits per heavy atom. The van der Waals surface area contributed by atoms with Gasteiger partial charge < -0.3 is 0 Å². The lowest BCUT2D eigenvalue weighted by Gasteiger charge is -2.39. The Hall–Kier alpha value is -2.92. The number of aromatic nitrogens is 2. The lowest BCUT2D eigenvalue weighted by Crippen LogP contribution is -2.47. The molecule has 1 aliphatic heterocycles. The van der Waals surface area contributed by atoms with Gasteiger partial charge in [-0.05, 0) is 50.5 Å². The predicted octanol–water partition coefficient (Wildman–Crippen LogP) is 4.05. The van der Waals surface area contributed by atoms with Crippen LogP contribution in [0.15, 0.2) is 53.3 Å². The van der Waals surface area contributed by atoms with Crippen molar-refractivity contribution >= 4 is 11.6 Å². The van der Waals surface area contributed by atoms with Crippen molar-refractivity contribution in [1.29, 1.82) is 0 Å². The molecule has 3 aromatic rings. The van der Waals surface area contributed by atoms with E-state index in [-0.39, 0.29) is 5.56 Å². The molecule has 5 heteroatoms. The Morgan fingerprint density at radius 2 is 1.64 bits per heavy atom. The van der Waals surface area contributed by atoms with Crippen LogP contribution in [0.4, 0.5) is 11.6 Å². The van der Waals surface area contributed by atoms with E-state index in [1.807, 2.05) is 19.9 Å². The summed E-state index contributed by atoms with van der Waals surface area (Å²) in [5.41, 5.74) is 6.32. The Morgan fingerprint density at radius 3 is 2.39 bits per heavy atom. The minimum atomic E-state index is 0.0376. The van der Waals surface area contributed by atoms with Crippen LogP contribution in [0.2, 0.25) is 0 Å². The Kier molecular flexibility index (Phi) is 4.77. The average molecular weight is 374 g/mol. The van der Waals surface area contributed by atoms with Crippen molar-refractivity contribution in [2.45, 2.75) is 40.9 Å². The lowest BCUT2D eigenvalue weighted by molar-refractivity contribution is 0.190. The Labute approximate surface area is 165 Å². The first-order valence-corrected chi connectivity index (χ1v) is 9.64. The summed E-state index contributed by atoms with van der Waals surface area (Å²) in [7, 11) is 0. The molecule has 0 aliphatic carbocycles. The molecule has 28 heavy (non-hydrogen) atoms. The first kappa shape index (κ1) is 18.4. The number of aryl methyl sites for hydroxylation is 2. The minimum absolute atomic E-state index is 0.0376. The highest BCUT2D eigenvalue weighted by Crippen LogP contribution is 2.31. The van der Waals surface area contributed by atoms with E-state index < -0.39 is 0 Å². The maximum absolute atomic E-state index is 13.0. The van der Waals surface area contributed by atoms with Crippen molar-refractivity contribution in [1.82, 2.24) is 14.5 Å². The Balaban J connectivity index is 1.83. The molecule has 144 valence electrons. The fraction of sp³-hybridized carbons (Fsp3) is 0.304. The zero-order valence-corrected chi connectivity index (χ0v) is 16.9. The highest BCUT2D eigenvalue weighted by Gasteiger charge is 2.28. The number of hydrogen-bond acceptors (Lipinski definition) is 4. The molecule has 0 bridgehead atoms. The normalized spacial score (nSPS) is 14.2. The standard InChI is InChI=1S/C23H26N4O/c1-16-9-8-12-21(17(16)2)26-14-25(13-20-10-6-5-7-11-20)15-27-22(28)18(3)19(4)24-23(26)27/h5-12H,13-15H2,1-4H3. The van der Waals surface area contributed by atoms with Gasteiger partial charge in [-0.1, -0.05) is 42.5 Å². The largest absolute Gasteiger partial charge is 0.298 e. The number of fused-ring (bicyclic) bond motifs is 1. The first-order valence-electron chi connectivity index (χ1n) is 9.64. The van der Waals surface area contributed by atoms with E-state index in [9.17, 15) is 4.79 Å². The maximum atomic E-state index is 13.0. The monoisotopic (exact) mass is 374 g/mol. The van der Waals surface area contributed by atoms with Gasteiger partial charge >= 0.3 is 0 Å². The van der Waals surface area contributed by atoms with E-state index in [0.29, 0.717) is 18.9 Å². The fourth-order valence-electron chi connectivity index (χ4n) is 3.74. The average Bonchev–Trinajstić information content (AvgIpc) is 2.69. The van der Waals surface area contributed by atoms with E-state index in [4.69, 9.17) is 4.98 Å².